The maximum Gasteiger partial charge on any atom is 0.354 e. The summed E-state index contributed by atoms with van der Waals surface area (Å²) in [6.45, 7) is 4.18. The van der Waals surface area contributed by atoms with Crippen LogP contribution in [-0.4, -0.2) is 21.8 Å². The number of pyridine rings is 1. The van der Waals surface area contributed by atoms with Gasteiger partial charge in [0.1, 0.15) is 10.7 Å². The normalized spacial score (nSPS) is 10.6. The van der Waals surface area contributed by atoms with Crippen LogP contribution in [0.1, 0.15) is 24.3 Å². The summed E-state index contributed by atoms with van der Waals surface area (Å²) in [6, 6.07) is 3.00. The first-order valence-electron chi connectivity index (χ1n) is 4.63. The van der Waals surface area contributed by atoms with Gasteiger partial charge in [0.15, 0.2) is 0 Å². The molecule has 0 aliphatic rings. The first-order chi connectivity index (χ1) is 7.00. The minimum absolute atomic E-state index is 0.0375. The molecule has 0 fully saturated rings. The molecule has 0 saturated heterocycles. The van der Waals surface area contributed by atoms with Crippen molar-refractivity contribution >= 4 is 23.4 Å². The molecule has 0 aromatic carbocycles. The highest BCUT2D eigenvalue weighted by atomic mass is 32.2. The van der Waals surface area contributed by atoms with Crippen LogP contribution in [0.3, 0.4) is 0 Å². The van der Waals surface area contributed by atoms with E-state index in [0.29, 0.717) is 16.6 Å². The average molecular weight is 226 g/mol. The fourth-order valence-corrected chi connectivity index (χ4v) is 1.82. The van der Waals surface area contributed by atoms with Gasteiger partial charge in [-0.3, -0.25) is 0 Å². The molecule has 1 heterocycles. The molecule has 0 amide bonds. The highest BCUT2D eigenvalue weighted by Crippen LogP contribution is 2.24. The predicted molar refractivity (Wildman–Crippen MR) is 61.2 cm³/mol. The van der Waals surface area contributed by atoms with Crippen molar-refractivity contribution in [1.82, 2.24) is 4.98 Å². The lowest BCUT2D eigenvalue weighted by atomic mass is 10.3. The van der Waals surface area contributed by atoms with Crippen molar-refractivity contribution in [1.29, 1.82) is 0 Å². The molecule has 5 heteroatoms. The molecule has 1 rings (SSSR count). The molecule has 15 heavy (non-hydrogen) atoms. The summed E-state index contributed by atoms with van der Waals surface area (Å²) >= 11 is 1.49. The number of carboxylic acid groups (broad SMARTS) is 1. The number of rotatable bonds is 4. The predicted octanol–water partition coefficient (Wildman–Crippen LogP) is 2.11. The van der Waals surface area contributed by atoms with Crippen LogP contribution in [0.5, 0.6) is 0 Å². The van der Waals surface area contributed by atoms with Crippen molar-refractivity contribution in [2.45, 2.75) is 18.9 Å². The lowest BCUT2D eigenvalue weighted by molar-refractivity contribution is 0.0690. The molecule has 0 radical (unpaired) electrons. The van der Waals surface area contributed by atoms with Gasteiger partial charge in [-0.25, -0.2) is 9.78 Å². The maximum atomic E-state index is 10.7. The Hall–Kier alpha value is -1.23. The first-order valence-corrected chi connectivity index (χ1v) is 5.62. The fourth-order valence-electron chi connectivity index (χ4n) is 0.932. The number of thioether (sulfide) groups is 1. The van der Waals surface area contributed by atoms with Crippen molar-refractivity contribution in [2.24, 2.45) is 5.92 Å². The number of carbonyl (C=O) groups is 1. The van der Waals surface area contributed by atoms with Gasteiger partial charge >= 0.3 is 5.97 Å². The molecule has 0 aliphatic carbocycles. The zero-order chi connectivity index (χ0) is 11.4. The highest BCUT2D eigenvalue weighted by molar-refractivity contribution is 7.99. The molecular weight excluding hydrogens is 212 g/mol. The van der Waals surface area contributed by atoms with Crippen molar-refractivity contribution in [3.8, 4) is 0 Å². The SMILES string of the molecule is CC(C)CSc1nc(C(=O)O)ccc1N. The number of aromatic nitrogens is 1. The van der Waals surface area contributed by atoms with Crippen molar-refractivity contribution in [3.63, 3.8) is 0 Å². The number of carboxylic acids is 1. The number of aromatic carboxylic acids is 1. The van der Waals surface area contributed by atoms with E-state index >= 15 is 0 Å². The molecule has 0 saturated carbocycles. The molecule has 0 bridgehead atoms. The van der Waals surface area contributed by atoms with Crippen LogP contribution in [0.25, 0.3) is 0 Å². The Morgan fingerprint density at radius 1 is 1.60 bits per heavy atom. The molecule has 1 aromatic rings. The van der Waals surface area contributed by atoms with E-state index in [9.17, 15) is 4.79 Å². The minimum Gasteiger partial charge on any atom is -0.477 e. The Kier molecular flexibility index (Phi) is 3.96. The van der Waals surface area contributed by atoms with Gasteiger partial charge in [-0.05, 0) is 18.1 Å². The standard InChI is InChI=1S/C10H14N2O2S/c1-6(2)5-15-9-7(11)3-4-8(12-9)10(13)14/h3-4,6H,5,11H2,1-2H3,(H,13,14). The fraction of sp³-hybridized carbons (Fsp3) is 0.400. The van der Waals surface area contributed by atoms with Crippen LogP contribution in [0.15, 0.2) is 17.2 Å². The van der Waals surface area contributed by atoms with Gasteiger partial charge < -0.3 is 10.8 Å². The topological polar surface area (TPSA) is 76.2 Å². The van der Waals surface area contributed by atoms with Gasteiger partial charge in [0.05, 0.1) is 5.69 Å². The molecule has 0 aliphatic heterocycles. The summed E-state index contributed by atoms with van der Waals surface area (Å²) in [7, 11) is 0. The molecule has 4 nitrogen and oxygen atoms in total. The second-order valence-electron chi connectivity index (χ2n) is 3.60. The van der Waals surface area contributed by atoms with E-state index in [1.807, 2.05) is 0 Å². The molecule has 0 spiro atoms. The lowest BCUT2D eigenvalue weighted by Crippen LogP contribution is -2.03. The van der Waals surface area contributed by atoms with E-state index in [1.165, 1.54) is 17.8 Å². The van der Waals surface area contributed by atoms with E-state index in [1.54, 1.807) is 6.07 Å². The number of hydrogen-bond donors (Lipinski definition) is 2. The van der Waals surface area contributed by atoms with E-state index in [2.05, 4.69) is 18.8 Å². The Morgan fingerprint density at radius 2 is 2.27 bits per heavy atom. The van der Waals surface area contributed by atoms with E-state index in [-0.39, 0.29) is 5.69 Å². The lowest BCUT2D eigenvalue weighted by Gasteiger charge is -2.07. The van der Waals surface area contributed by atoms with Crippen LogP contribution < -0.4 is 5.73 Å². The van der Waals surface area contributed by atoms with Crippen LogP contribution in [0, 0.1) is 5.92 Å². The van der Waals surface area contributed by atoms with Gasteiger partial charge in [0, 0.05) is 5.75 Å². The van der Waals surface area contributed by atoms with Crippen molar-refractivity contribution in [2.75, 3.05) is 11.5 Å². The number of hydrogen-bond acceptors (Lipinski definition) is 4. The third kappa shape index (κ3) is 3.43. The molecule has 3 N–H and O–H groups in total. The number of nitrogens with two attached hydrogens (primary N) is 1. The van der Waals surface area contributed by atoms with E-state index in [4.69, 9.17) is 10.8 Å². The Labute approximate surface area is 92.9 Å². The summed E-state index contributed by atoms with van der Waals surface area (Å²) < 4.78 is 0. The van der Waals surface area contributed by atoms with Crippen LogP contribution in [0.2, 0.25) is 0 Å². The minimum atomic E-state index is -1.03. The van der Waals surface area contributed by atoms with Gasteiger partial charge in [-0.2, -0.15) is 0 Å². The summed E-state index contributed by atoms with van der Waals surface area (Å²) in [5.41, 5.74) is 6.27. The molecule has 0 atom stereocenters. The van der Waals surface area contributed by atoms with E-state index < -0.39 is 5.97 Å². The maximum absolute atomic E-state index is 10.7. The summed E-state index contributed by atoms with van der Waals surface area (Å²) in [6.07, 6.45) is 0. The average Bonchev–Trinajstić information content (AvgIpc) is 2.16. The van der Waals surface area contributed by atoms with Gasteiger partial charge in [-0.15, -0.1) is 11.8 Å². The third-order valence-electron chi connectivity index (χ3n) is 1.66. The number of nitrogens with zero attached hydrogens (tertiary/aromatic N) is 1. The second-order valence-corrected chi connectivity index (χ2v) is 4.61. The largest absolute Gasteiger partial charge is 0.477 e. The highest BCUT2D eigenvalue weighted by Gasteiger charge is 2.09. The molecule has 82 valence electrons. The smallest absolute Gasteiger partial charge is 0.354 e. The monoisotopic (exact) mass is 226 g/mol. The Balaban J connectivity index is 2.85. The quantitative estimate of drug-likeness (QED) is 0.769. The number of nitrogen functional groups attached to an aromatic ring is 1. The zero-order valence-electron chi connectivity index (χ0n) is 8.73. The van der Waals surface area contributed by atoms with Crippen LogP contribution in [0.4, 0.5) is 5.69 Å². The van der Waals surface area contributed by atoms with Crippen molar-refractivity contribution < 1.29 is 9.90 Å². The van der Waals surface area contributed by atoms with Gasteiger partial charge in [0.25, 0.3) is 0 Å². The van der Waals surface area contributed by atoms with Crippen molar-refractivity contribution in [3.05, 3.63) is 17.8 Å². The summed E-state index contributed by atoms with van der Waals surface area (Å²) in [5, 5.41) is 9.37. The second kappa shape index (κ2) is 5.02. The number of anilines is 1. The molecule has 0 unspecified atom stereocenters. The summed E-state index contributed by atoms with van der Waals surface area (Å²) in [4.78, 5) is 14.7. The van der Waals surface area contributed by atoms with Crippen LogP contribution in [-0.2, 0) is 0 Å². The molecule has 1 aromatic heterocycles. The molecular formula is C10H14N2O2S. The van der Waals surface area contributed by atoms with Gasteiger partial charge in [-0.1, -0.05) is 13.8 Å². The van der Waals surface area contributed by atoms with E-state index in [0.717, 1.165) is 5.75 Å². The Bertz CT molecular complexity index is 366. The Morgan fingerprint density at radius 3 is 2.80 bits per heavy atom. The van der Waals surface area contributed by atoms with Crippen LogP contribution >= 0.6 is 11.8 Å². The third-order valence-corrected chi connectivity index (χ3v) is 3.10. The summed E-state index contributed by atoms with van der Waals surface area (Å²) in [5.74, 6) is 0.367. The first kappa shape index (κ1) is 11.8. The van der Waals surface area contributed by atoms with Gasteiger partial charge in [0.2, 0.25) is 0 Å². The zero-order valence-corrected chi connectivity index (χ0v) is 9.54.